The van der Waals surface area contributed by atoms with E-state index in [9.17, 15) is 22.8 Å². The molecule has 2 fully saturated rings. The molecule has 2 amide bonds. The second kappa shape index (κ2) is 9.52. The lowest BCUT2D eigenvalue weighted by molar-refractivity contribution is -0.137. The highest BCUT2D eigenvalue weighted by molar-refractivity contribution is 7.11. The number of piperazine rings is 1. The van der Waals surface area contributed by atoms with Crippen molar-refractivity contribution in [3.8, 4) is 5.69 Å². The Bertz CT molecular complexity index is 1490. The van der Waals surface area contributed by atoms with Crippen LogP contribution in [0.15, 0.2) is 60.2 Å². The van der Waals surface area contributed by atoms with Crippen LogP contribution in [0.3, 0.4) is 0 Å². The van der Waals surface area contributed by atoms with E-state index in [1.165, 1.54) is 22.1 Å². The molecular formula is C26H23F3N6O2S. The Morgan fingerprint density at radius 1 is 0.947 bits per heavy atom. The highest BCUT2D eigenvalue weighted by Gasteiger charge is 2.37. The molecule has 0 N–H and O–H groups in total. The second-order valence-electron chi connectivity index (χ2n) is 9.42. The van der Waals surface area contributed by atoms with E-state index in [1.807, 2.05) is 4.90 Å². The third-order valence-corrected chi connectivity index (χ3v) is 7.83. The van der Waals surface area contributed by atoms with Crippen molar-refractivity contribution in [1.29, 1.82) is 0 Å². The third-order valence-electron chi connectivity index (χ3n) is 7.07. The Balaban J connectivity index is 1.07. The highest BCUT2D eigenvalue weighted by Crippen LogP contribution is 2.31. The first-order valence-electron chi connectivity index (χ1n) is 12.2. The predicted octanol–water partition coefficient (Wildman–Crippen LogP) is 3.78. The number of rotatable bonds is 4. The molecule has 2 aliphatic heterocycles. The number of thiazole rings is 1. The third kappa shape index (κ3) is 4.65. The van der Waals surface area contributed by atoms with Gasteiger partial charge in [0.15, 0.2) is 5.01 Å². The number of likely N-dealkylation sites (tertiary alicyclic amines) is 1. The van der Waals surface area contributed by atoms with Gasteiger partial charge in [-0.05, 0) is 36.4 Å². The summed E-state index contributed by atoms with van der Waals surface area (Å²) in [6.45, 7) is 4.00. The van der Waals surface area contributed by atoms with E-state index in [1.54, 1.807) is 46.9 Å². The topological polar surface area (TPSA) is 74.6 Å². The van der Waals surface area contributed by atoms with Gasteiger partial charge in [0.05, 0.1) is 16.8 Å². The molecule has 0 saturated carbocycles. The van der Waals surface area contributed by atoms with Gasteiger partial charge in [-0.15, -0.1) is 11.3 Å². The first-order valence-corrected chi connectivity index (χ1v) is 13.0. The van der Waals surface area contributed by atoms with Crippen LogP contribution in [0.25, 0.3) is 16.6 Å². The maximum absolute atomic E-state index is 13.1. The highest BCUT2D eigenvalue weighted by atomic mass is 32.1. The van der Waals surface area contributed by atoms with Crippen molar-refractivity contribution in [3.63, 3.8) is 0 Å². The van der Waals surface area contributed by atoms with Gasteiger partial charge >= 0.3 is 6.18 Å². The molecule has 2 aromatic carbocycles. The zero-order valence-corrected chi connectivity index (χ0v) is 21.0. The lowest BCUT2D eigenvalue weighted by Gasteiger charge is -2.48. The number of carbonyl (C=O) groups excluding carboxylic acids is 2. The molecule has 0 atom stereocenters. The lowest BCUT2D eigenvalue weighted by Crippen LogP contribution is -2.64. The van der Waals surface area contributed by atoms with E-state index in [4.69, 9.17) is 0 Å². The molecule has 2 aromatic heterocycles. The average molecular weight is 541 g/mol. The molecule has 4 aromatic rings. The maximum atomic E-state index is 13.1. The Labute approximate surface area is 219 Å². The number of hydrogen-bond acceptors (Lipinski definition) is 6. The minimum absolute atomic E-state index is 0.0307. The molecule has 0 spiro atoms. The second-order valence-corrected chi connectivity index (χ2v) is 10.3. The van der Waals surface area contributed by atoms with Gasteiger partial charge in [0.1, 0.15) is 0 Å². The molecule has 196 valence electrons. The predicted molar refractivity (Wildman–Crippen MR) is 135 cm³/mol. The number of hydrogen-bond donors (Lipinski definition) is 0. The Hall–Kier alpha value is -3.77. The van der Waals surface area contributed by atoms with E-state index < -0.39 is 11.7 Å². The smallest absolute Gasteiger partial charge is 0.335 e. The van der Waals surface area contributed by atoms with Crippen molar-refractivity contribution in [2.24, 2.45) is 0 Å². The summed E-state index contributed by atoms with van der Waals surface area (Å²) in [6.07, 6.45) is -1.18. The molecule has 8 nitrogen and oxygen atoms in total. The van der Waals surface area contributed by atoms with E-state index in [0.717, 1.165) is 25.2 Å². The van der Waals surface area contributed by atoms with Crippen molar-refractivity contribution in [1.82, 2.24) is 29.5 Å². The molecule has 0 bridgehead atoms. The Kier molecular flexibility index (Phi) is 6.15. The monoisotopic (exact) mass is 540 g/mol. The van der Waals surface area contributed by atoms with Gasteiger partial charge < -0.3 is 9.80 Å². The summed E-state index contributed by atoms with van der Waals surface area (Å²) in [6, 6.07) is 10.4. The molecule has 4 heterocycles. The molecule has 0 aliphatic carbocycles. The first kappa shape index (κ1) is 24.6. The van der Waals surface area contributed by atoms with Gasteiger partial charge in [0.25, 0.3) is 11.8 Å². The van der Waals surface area contributed by atoms with Crippen molar-refractivity contribution >= 4 is 34.1 Å². The summed E-state index contributed by atoms with van der Waals surface area (Å²) in [4.78, 5) is 35.6. The maximum Gasteiger partial charge on any atom is 0.416 e. The van der Waals surface area contributed by atoms with Gasteiger partial charge in [-0.1, -0.05) is 6.07 Å². The molecule has 6 rings (SSSR count). The number of halogens is 3. The average Bonchev–Trinajstić information content (AvgIpc) is 3.57. The van der Waals surface area contributed by atoms with E-state index in [0.29, 0.717) is 53.3 Å². The van der Waals surface area contributed by atoms with Crippen LogP contribution in [0.5, 0.6) is 0 Å². The van der Waals surface area contributed by atoms with Crippen LogP contribution < -0.4 is 0 Å². The molecule has 38 heavy (non-hydrogen) atoms. The summed E-state index contributed by atoms with van der Waals surface area (Å²) in [5.41, 5.74) is 0.650. The van der Waals surface area contributed by atoms with Crippen LogP contribution in [0.4, 0.5) is 13.2 Å². The number of amides is 2. The van der Waals surface area contributed by atoms with Crippen LogP contribution in [0, 0.1) is 0 Å². The van der Waals surface area contributed by atoms with Crippen molar-refractivity contribution < 1.29 is 22.8 Å². The summed E-state index contributed by atoms with van der Waals surface area (Å²) in [5.74, 6) is -0.121. The van der Waals surface area contributed by atoms with Crippen LogP contribution in [-0.4, -0.2) is 86.6 Å². The summed E-state index contributed by atoms with van der Waals surface area (Å²) in [5, 5.41) is 7.36. The van der Waals surface area contributed by atoms with Gasteiger partial charge in [-0.2, -0.15) is 18.3 Å². The van der Waals surface area contributed by atoms with Crippen LogP contribution in [0.1, 0.15) is 25.7 Å². The largest absolute Gasteiger partial charge is 0.416 e. The summed E-state index contributed by atoms with van der Waals surface area (Å²) < 4.78 is 40.7. The zero-order valence-electron chi connectivity index (χ0n) is 20.1. The SMILES string of the molecule is O=C(c1ccc2nn(-c3cccc(C(F)(F)F)c3)cc2c1)N1CC(N2CCN(C(=O)c3nccs3)CC2)C1. The van der Waals surface area contributed by atoms with Crippen molar-refractivity contribution in [3.05, 3.63) is 76.4 Å². The van der Waals surface area contributed by atoms with Crippen LogP contribution in [-0.2, 0) is 6.18 Å². The Morgan fingerprint density at radius 2 is 1.74 bits per heavy atom. The van der Waals surface area contributed by atoms with Crippen LogP contribution >= 0.6 is 11.3 Å². The van der Waals surface area contributed by atoms with E-state index in [2.05, 4.69) is 15.0 Å². The molecule has 0 unspecified atom stereocenters. The molecule has 0 radical (unpaired) electrons. The number of fused-ring (bicyclic) bond motifs is 1. The molecule has 12 heteroatoms. The molecule has 2 aliphatic rings. The molecular weight excluding hydrogens is 517 g/mol. The van der Waals surface area contributed by atoms with Gasteiger partial charge in [-0.3, -0.25) is 14.5 Å². The Morgan fingerprint density at radius 3 is 2.45 bits per heavy atom. The number of carbonyl (C=O) groups is 2. The quantitative estimate of drug-likeness (QED) is 0.394. The van der Waals surface area contributed by atoms with E-state index in [-0.39, 0.29) is 17.9 Å². The summed E-state index contributed by atoms with van der Waals surface area (Å²) >= 11 is 1.34. The van der Waals surface area contributed by atoms with Crippen LogP contribution in [0.2, 0.25) is 0 Å². The minimum atomic E-state index is -4.44. The first-order chi connectivity index (χ1) is 18.3. The number of aromatic nitrogens is 3. The zero-order chi connectivity index (χ0) is 26.4. The molecule has 2 saturated heterocycles. The standard InChI is InChI=1S/C26H23F3N6O2S/c27-26(28,29)19-2-1-3-20(13-19)35-14-18-12-17(4-5-22(18)31-35)24(36)34-15-21(16-34)32-7-9-33(10-8-32)25(37)23-30-6-11-38-23/h1-6,11-14,21H,7-10,15-16H2. The van der Waals surface area contributed by atoms with Gasteiger partial charge in [0, 0.05) is 74.0 Å². The lowest BCUT2D eigenvalue weighted by atomic mass is 10.0. The fourth-order valence-corrected chi connectivity index (χ4v) is 5.51. The fraction of sp³-hybridized carbons (Fsp3) is 0.308. The number of benzene rings is 2. The fourth-order valence-electron chi connectivity index (χ4n) is 4.90. The number of nitrogens with zero attached hydrogens (tertiary/aromatic N) is 6. The van der Waals surface area contributed by atoms with Crippen molar-refractivity contribution in [2.45, 2.75) is 12.2 Å². The van der Waals surface area contributed by atoms with E-state index >= 15 is 0 Å². The van der Waals surface area contributed by atoms with Gasteiger partial charge in [-0.25, -0.2) is 9.67 Å². The minimum Gasteiger partial charge on any atom is -0.335 e. The normalized spacial score (nSPS) is 17.1. The van der Waals surface area contributed by atoms with Crippen molar-refractivity contribution in [2.75, 3.05) is 39.3 Å². The summed E-state index contributed by atoms with van der Waals surface area (Å²) in [7, 11) is 0. The van der Waals surface area contributed by atoms with Gasteiger partial charge in [0.2, 0.25) is 0 Å². The number of alkyl halides is 3.